The second kappa shape index (κ2) is 8.73. The van der Waals surface area contributed by atoms with E-state index < -0.39 is 0 Å². The van der Waals surface area contributed by atoms with Crippen molar-refractivity contribution in [3.63, 3.8) is 0 Å². The van der Waals surface area contributed by atoms with Gasteiger partial charge in [-0.1, -0.05) is 52.3 Å². The van der Waals surface area contributed by atoms with Crippen LogP contribution in [-0.2, 0) is 19.8 Å². The van der Waals surface area contributed by atoms with Crippen molar-refractivity contribution in [3.05, 3.63) is 97.9 Å². The first-order chi connectivity index (χ1) is 14.6. The van der Waals surface area contributed by atoms with Crippen molar-refractivity contribution >= 4 is 21.8 Å². The van der Waals surface area contributed by atoms with Crippen molar-refractivity contribution in [1.29, 1.82) is 0 Å². The largest absolute Gasteiger partial charge is 0.482 e. The number of amides is 1. The van der Waals surface area contributed by atoms with Crippen LogP contribution in [0, 0.1) is 0 Å². The summed E-state index contributed by atoms with van der Waals surface area (Å²) >= 11 is 3.43. The molecule has 0 bridgehead atoms. The molecule has 3 aromatic rings. The van der Waals surface area contributed by atoms with Crippen LogP contribution in [0.3, 0.4) is 0 Å². The van der Waals surface area contributed by atoms with E-state index in [0.717, 1.165) is 21.2 Å². The van der Waals surface area contributed by atoms with Gasteiger partial charge in [0, 0.05) is 23.3 Å². The van der Waals surface area contributed by atoms with Crippen LogP contribution in [0.25, 0.3) is 0 Å². The van der Waals surface area contributed by atoms with Crippen LogP contribution in [0.2, 0.25) is 0 Å². The molecule has 0 aliphatic carbocycles. The summed E-state index contributed by atoms with van der Waals surface area (Å²) in [6.45, 7) is 0.590. The summed E-state index contributed by atoms with van der Waals surface area (Å²) in [6, 6.07) is 16.4. The minimum absolute atomic E-state index is 0.0141. The number of aliphatic hydroxyl groups excluding tert-OH is 1. The maximum atomic E-state index is 13.3. The SMILES string of the molecule is O=C1c2c(OCc3ccccc3)c(=O)ccn2NCN1Cc1cc(Br)ccc1CO. The molecular weight excluding hydrogens is 450 g/mol. The average Bonchev–Trinajstić information content (AvgIpc) is 2.76. The monoisotopic (exact) mass is 469 g/mol. The maximum Gasteiger partial charge on any atom is 0.278 e. The first-order valence-electron chi connectivity index (χ1n) is 9.40. The van der Waals surface area contributed by atoms with Crippen LogP contribution < -0.4 is 15.6 Å². The average molecular weight is 470 g/mol. The summed E-state index contributed by atoms with van der Waals surface area (Å²) in [6.07, 6.45) is 1.53. The van der Waals surface area contributed by atoms with Gasteiger partial charge < -0.3 is 20.2 Å². The molecule has 2 aromatic carbocycles. The number of aromatic nitrogens is 1. The maximum absolute atomic E-state index is 13.3. The van der Waals surface area contributed by atoms with Crippen molar-refractivity contribution in [3.8, 4) is 5.75 Å². The summed E-state index contributed by atoms with van der Waals surface area (Å²) in [4.78, 5) is 27.3. The first-order valence-corrected chi connectivity index (χ1v) is 10.2. The molecule has 0 saturated carbocycles. The number of fused-ring (bicyclic) bond motifs is 1. The number of aliphatic hydroxyl groups is 1. The third-order valence-corrected chi connectivity index (χ3v) is 5.40. The van der Waals surface area contributed by atoms with Gasteiger partial charge in [0.2, 0.25) is 5.43 Å². The number of pyridine rings is 1. The molecule has 8 heteroatoms. The van der Waals surface area contributed by atoms with Crippen LogP contribution in [0.1, 0.15) is 27.2 Å². The Morgan fingerprint density at radius 3 is 2.63 bits per heavy atom. The predicted molar refractivity (Wildman–Crippen MR) is 116 cm³/mol. The molecule has 2 N–H and O–H groups in total. The lowest BCUT2D eigenvalue weighted by Gasteiger charge is -2.32. The van der Waals surface area contributed by atoms with E-state index in [1.54, 1.807) is 4.90 Å². The van der Waals surface area contributed by atoms with Gasteiger partial charge in [-0.05, 0) is 28.8 Å². The van der Waals surface area contributed by atoms with E-state index in [1.807, 2.05) is 48.5 Å². The van der Waals surface area contributed by atoms with Crippen LogP contribution >= 0.6 is 15.9 Å². The van der Waals surface area contributed by atoms with Crippen molar-refractivity contribution in [1.82, 2.24) is 9.58 Å². The lowest BCUT2D eigenvalue weighted by molar-refractivity contribution is 0.0705. The summed E-state index contributed by atoms with van der Waals surface area (Å²) < 4.78 is 8.17. The summed E-state index contributed by atoms with van der Waals surface area (Å²) in [5.41, 5.74) is 5.37. The van der Waals surface area contributed by atoms with Crippen LogP contribution in [0.15, 0.2) is 70.1 Å². The van der Waals surface area contributed by atoms with Crippen molar-refractivity contribution in [2.24, 2.45) is 0 Å². The third kappa shape index (κ3) is 4.10. The number of carbonyl (C=O) groups excluding carboxylic acids is 1. The summed E-state index contributed by atoms with van der Waals surface area (Å²) in [5.74, 6) is -0.307. The summed E-state index contributed by atoms with van der Waals surface area (Å²) in [7, 11) is 0. The van der Waals surface area contributed by atoms with Gasteiger partial charge in [-0.2, -0.15) is 0 Å². The molecule has 4 rings (SSSR count). The highest BCUT2D eigenvalue weighted by molar-refractivity contribution is 9.10. The highest BCUT2D eigenvalue weighted by Crippen LogP contribution is 2.23. The van der Waals surface area contributed by atoms with Gasteiger partial charge in [0.25, 0.3) is 5.91 Å². The van der Waals surface area contributed by atoms with E-state index in [-0.39, 0.29) is 49.2 Å². The van der Waals surface area contributed by atoms with Crippen molar-refractivity contribution < 1.29 is 14.6 Å². The Kier molecular flexibility index (Phi) is 5.87. The smallest absolute Gasteiger partial charge is 0.278 e. The minimum atomic E-state index is -0.354. The normalized spacial score (nSPS) is 13.0. The molecule has 1 aromatic heterocycles. The molecule has 0 spiro atoms. The predicted octanol–water partition coefficient (Wildman–Crippen LogP) is 2.84. The zero-order valence-corrected chi connectivity index (χ0v) is 17.6. The Bertz CT molecular complexity index is 1130. The topological polar surface area (TPSA) is 83.8 Å². The van der Waals surface area contributed by atoms with Gasteiger partial charge in [0.05, 0.1) is 6.61 Å². The molecule has 7 nitrogen and oxygen atoms in total. The van der Waals surface area contributed by atoms with E-state index in [2.05, 4.69) is 21.4 Å². The minimum Gasteiger partial charge on any atom is -0.482 e. The number of benzene rings is 2. The zero-order chi connectivity index (χ0) is 21.1. The van der Waals surface area contributed by atoms with Crippen molar-refractivity contribution in [2.45, 2.75) is 19.8 Å². The Morgan fingerprint density at radius 2 is 1.87 bits per heavy atom. The molecule has 1 aliphatic heterocycles. The number of rotatable bonds is 6. The van der Waals surface area contributed by atoms with Crippen molar-refractivity contribution in [2.75, 3.05) is 12.1 Å². The van der Waals surface area contributed by atoms with E-state index >= 15 is 0 Å². The van der Waals surface area contributed by atoms with Gasteiger partial charge in [-0.25, -0.2) is 0 Å². The lowest BCUT2D eigenvalue weighted by Crippen LogP contribution is -2.46. The Hall–Kier alpha value is -3.10. The summed E-state index contributed by atoms with van der Waals surface area (Å²) in [5, 5.41) is 9.62. The van der Waals surface area contributed by atoms with Gasteiger partial charge in [-0.15, -0.1) is 0 Å². The molecule has 30 heavy (non-hydrogen) atoms. The fourth-order valence-electron chi connectivity index (χ4n) is 3.33. The van der Waals surface area contributed by atoms with E-state index in [0.29, 0.717) is 0 Å². The number of ether oxygens (including phenoxy) is 1. The number of hydrogen-bond donors (Lipinski definition) is 2. The Morgan fingerprint density at radius 1 is 1.07 bits per heavy atom. The number of nitrogens with one attached hydrogen (secondary N) is 1. The first kappa shape index (κ1) is 20.2. The molecule has 0 radical (unpaired) electrons. The molecule has 0 fully saturated rings. The Labute approximate surface area is 181 Å². The molecule has 0 saturated heterocycles. The third-order valence-electron chi connectivity index (χ3n) is 4.90. The number of nitrogens with zero attached hydrogens (tertiary/aromatic N) is 2. The quantitative estimate of drug-likeness (QED) is 0.579. The molecule has 154 valence electrons. The number of halogens is 1. The Balaban J connectivity index is 1.63. The van der Waals surface area contributed by atoms with E-state index in [1.165, 1.54) is 16.9 Å². The van der Waals surface area contributed by atoms with Gasteiger partial charge in [0.1, 0.15) is 13.3 Å². The van der Waals surface area contributed by atoms with E-state index in [9.17, 15) is 14.7 Å². The zero-order valence-electron chi connectivity index (χ0n) is 16.0. The van der Waals surface area contributed by atoms with Crippen LogP contribution in [0.5, 0.6) is 5.75 Å². The van der Waals surface area contributed by atoms with E-state index in [4.69, 9.17) is 4.74 Å². The van der Waals surface area contributed by atoms with Gasteiger partial charge in [-0.3, -0.25) is 14.3 Å². The standard InChI is InChI=1S/C22H20BrN3O4/c23-18-7-6-16(12-27)17(10-18)11-25-14-24-26-9-8-19(28)21(20(26)22(25)29)30-13-15-4-2-1-3-5-15/h1-10,24,27H,11-14H2. The molecule has 0 unspecified atom stereocenters. The van der Waals surface area contributed by atoms with Crippen LogP contribution in [-0.4, -0.2) is 27.3 Å². The highest BCUT2D eigenvalue weighted by Gasteiger charge is 2.29. The second-order valence-corrected chi connectivity index (χ2v) is 7.81. The number of carbonyl (C=O) groups is 1. The highest BCUT2D eigenvalue weighted by atomic mass is 79.9. The molecule has 1 amide bonds. The fourth-order valence-corrected chi connectivity index (χ4v) is 3.74. The molecule has 1 aliphatic rings. The van der Waals surface area contributed by atoms with Gasteiger partial charge >= 0.3 is 0 Å². The molecule has 0 atom stereocenters. The molecule has 2 heterocycles. The number of hydrogen-bond acceptors (Lipinski definition) is 5. The fraction of sp³-hybridized carbons (Fsp3) is 0.182. The second-order valence-electron chi connectivity index (χ2n) is 6.89. The van der Waals surface area contributed by atoms with Gasteiger partial charge in [0.15, 0.2) is 11.4 Å². The lowest BCUT2D eigenvalue weighted by atomic mass is 10.1. The molecular formula is C22H20BrN3O4. The van der Waals surface area contributed by atoms with Crippen LogP contribution in [0.4, 0.5) is 0 Å².